The fraction of sp³-hybridized carbons (Fsp3) is 0.316. The molecule has 3 heteroatoms. The van der Waals surface area contributed by atoms with Crippen LogP contribution in [0.5, 0.6) is 0 Å². The molecule has 0 aromatic heterocycles. The van der Waals surface area contributed by atoms with Gasteiger partial charge < -0.3 is 10.6 Å². The Morgan fingerprint density at radius 3 is 2.18 bits per heavy atom. The maximum absolute atomic E-state index is 12.0. The molecule has 0 aliphatic carbocycles. The number of carbonyl (C=O) groups excluding carboxylic acids is 1. The van der Waals surface area contributed by atoms with Crippen LogP contribution in [-0.2, 0) is 6.42 Å². The molecular weight excluding hydrogens is 272 g/mol. The van der Waals surface area contributed by atoms with Crippen LogP contribution >= 0.6 is 0 Å². The van der Waals surface area contributed by atoms with Crippen LogP contribution in [-0.4, -0.2) is 6.03 Å². The summed E-state index contributed by atoms with van der Waals surface area (Å²) in [5.41, 5.74) is 5.30. The lowest BCUT2D eigenvalue weighted by Gasteiger charge is -2.10. The number of unbranched alkanes of at least 4 members (excludes halogenated alkanes) is 1. The molecule has 0 fully saturated rings. The Morgan fingerprint density at radius 2 is 1.55 bits per heavy atom. The number of hydrogen-bond donors (Lipinski definition) is 2. The lowest BCUT2D eigenvalue weighted by molar-refractivity contribution is 0.262. The second-order valence-corrected chi connectivity index (χ2v) is 5.68. The van der Waals surface area contributed by atoms with Gasteiger partial charge in [0.25, 0.3) is 0 Å². The van der Waals surface area contributed by atoms with Gasteiger partial charge in [-0.15, -0.1) is 0 Å². The van der Waals surface area contributed by atoms with Gasteiger partial charge in [0.2, 0.25) is 0 Å². The van der Waals surface area contributed by atoms with Gasteiger partial charge in [0.15, 0.2) is 0 Å². The molecule has 0 aliphatic heterocycles. The second-order valence-electron chi connectivity index (χ2n) is 5.68. The van der Waals surface area contributed by atoms with Crippen LogP contribution < -0.4 is 10.6 Å². The normalized spacial score (nSPS) is 10.3. The standard InChI is InChI=1S/C19H24N2O/c1-4-5-6-16-8-11-17(12-9-16)20-19(22)21-18-10-7-14(2)15(3)13-18/h7-13H,4-6H2,1-3H3,(H2,20,21,22). The van der Waals surface area contributed by atoms with E-state index in [0.717, 1.165) is 23.4 Å². The zero-order valence-corrected chi connectivity index (χ0v) is 13.6. The third kappa shape index (κ3) is 4.62. The van der Waals surface area contributed by atoms with Gasteiger partial charge in [-0.25, -0.2) is 4.79 Å². The first kappa shape index (κ1) is 16.1. The van der Waals surface area contributed by atoms with Gasteiger partial charge in [0.1, 0.15) is 0 Å². The molecule has 2 aromatic rings. The minimum absolute atomic E-state index is 0.218. The Bertz CT molecular complexity index is 632. The van der Waals surface area contributed by atoms with Crippen molar-refractivity contribution >= 4 is 17.4 Å². The Morgan fingerprint density at radius 1 is 0.909 bits per heavy atom. The van der Waals surface area contributed by atoms with Gasteiger partial charge in [0.05, 0.1) is 0 Å². The molecule has 2 N–H and O–H groups in total. The third-order valence-corrected chi connectivity index (χ3v) is 3.80. The highest BCUT2D eigenvalue weighted by molar-refractivity contribution is 5.99. The largest absolute Gasteiger partial charge is 0.323 e. The van der Waals surface area contributed by atoms with Gasteiger partial charge in [-0.05, 0) is 67.6 Å². The number of hydrogen-bond acceptors (Lipinski definition) is 1. The van der Waals surface area contributed by atoms with E-state index in [4.69, 9.17) is 0 Å². The Kier molecular flexibility index (Phi) is 5.59. The highest BCUT2D eigenvalue weighted by Crippen LogP contribution is 2.15. The highest BCUT2D eigenvalue weighted by Gasteiger charge is 2.04. The molecular formula is C19H24N2O. The average molecular weight is 296 g/mol. The van der Waals surface area contributed by atoms with Crippen LogP contribution in [0.4, 0.5) is 16.2 Å². The molecule has 0 saturated carbocycles. The van der Waals surface area contributed by atoms with Crippen molar-refractivity contribution in [2.75, 3.05) is 10.6 Å². The van der Waals surface area contributed by atoms with E-state index in [1.165, 1.54) is 24.0 Å². The highest BCUT2D eigenvalue weighted by atomic mass is 16.2. The Balaban J connectivity index is 1.92. The van der Waals surface area contributed by atoms with Crippen molar-refractivity contribution in [2.45, 2.75) is 40.0 Å². The van der Waals surface area contributed by atoms with E-state index in [1.54, 1.807) is 0 Å². The lowest BCUT2D eigenvalue weighted by atomic mass is 10.1. The van der Waals surface area contributed by atoms with Gasteiger partial charge in [-0.3, -0.25) is 0 Å². The summed E-state index contributed by atoms with van der Waals surface area (Å²) in [5, 5.41) is 5.72. The number of amides is 2. The van der Waals surface area contributed by atoms with Crippen molar-refractivity contribution in [3.8, 4) is 0 Å². The maximum Gasteiger partial charge on any atom is 0.323 e. The van der Waals surface area contributed by atoms with E-state index in [9.17, 15) is 4.79 Å². The summed E-state index contributed by atoms with van der Waals surface area (Å²) in [6.45, 7) is 6.28. The number of rotatable bonds is 5. The smallest absolute Gasteiger partial charge is 0.308 e. The number of nitrogens with one attached hydrogen (secondary N) is 2. The van der Waals surface area contributed by atoms with E-state index >= 15 is 0 Å². The third-order valence-electron chi connectivity index (χ3n) is 3.80. The van der Waals surface area contributed by atoms with Gasteiger partial charge >= 0.3 is 6.03 Å². The quantitative estimate of drug-likeness (QED) is 0.773. The summed E-state index contributed by atoms with van der Waals surface area (Å²) in [6, 6.07) is 13.7. The van der Waals surface area contributed by atoms with Crippen LogP contribution in [0.15, 0.2) is 42.5 Å². The molecule has 0 saturated heterocycles. The first-order valence-electron chi connectivity index (χ1n) is 7.82. The minimum atomic E-state index is -0.218. The molecule has 0 radical (unpaired) electrons. The molecule has 2 aromatic carbocycles. The topological polar surface area (TPSA) is 41.1 Å². The van der Waals surface area contributed by atoms with Gasteiger partial charge in [-0.2, -0.15) is 0 Å². The molecule has 0 heterocycles. The van der Waals surface area contributed by atoms with Crippen LogP contribution in [0.25, 0.3) is 0 Å². The second kappa shape index (κ2) is 7.64. The molecule has 0 bridgehead atoms. The zero-order chi connectivity index (χ0) is 15.9. The summed E-state index contributed by atoms with van der Waals surface area (Å²) >= 11 is 0. The van der Waals surface area contributed by atoms with Crippen molar-refractivity contribution in [3.63, 3.8) is 0 Å². The van der Waals surface area contributed by atoms with Crippen molar-refractivity contribution in [1.29, 1.82) is 0 Å². The van der Waals surface area contributed by atoms with Crippen LogP contribution in [0.1, 0.15) is 36.5 Å². The van der Waals surface area contributed by atoms with E-state index < -0.39 is 0 Å². The zero-order valence-electron chi connectivity index (χ0n) is 13.6. The van der Waals surface area contributed by atoms with Crippen LogP contribution in [0.3, 0.4) is 0 Å². The monoisotopic (exact) mass is 296 g/mol. The predicted molar refractivity (Wildman–Crippen MR) is 93.6 cm³/mol. The molecule has 0 unspecified atom stereocenters. The lowest BCUT2D eigenvalue weighted by Crippen LogP contribution is -2.19. The molecule has 116 valence electrons. The van der Waals surface area contributed by atoms with E-state index in [-0.39, 0.29) is 6.03 Å². The molecule has 2 rings (SSSR count). The Labute approximate surface area is 132 Å². The van der Waals surface area contributed by atoms with Gasteiger partial charge in [-0.1, -0.05) is 31.5 Å². The average Bonchev–Trinajstić information content (AvgIpc) is 2.50. The van der Waals surface area contributed by atoms with Crippen molar-refractivity contribution in [1.82, 2.24) is 0 Å². The minimum Gasteiger partial charge on any atom is -0.308 e. The molecule has 0 atom stereocenters. The number of carbonyl (C=O) groups is 1. The summed E-state index contributed by atoms with van der Waals surface area (Å²) < 4.78 is 0. The van der Waals surface area contributed by atoms with Crippen LogP contribution in [0, 0.1) is 13.8 Å². The van der Waals surface area contributed by atoms with Crippen molar-refractivity contribution in [3.05, 3.63) is 59.2 Å². The van der Waals surface area contributed by atoms with E-state index in [2.05, 4.69) is 36.6 Å². The first-order valence-corrected chi connectivity index (χ1v) is 7.82. The number of aryl methyl sites for hydroxylation is 3. The van der Waals surface area contributed by atoms with Crippen molar-refractivity contribution < 1.29 is 4.79 Å². The summed E-state index contributed by atoms with van der Waals surface area (Å²) in [5.74, 6) is 0. The van der Waals surface area contributed by atoms with Crippen LogP contribution in [0.2, 0.25) is 0 Å². The number of benzene rings is 2. The summed E-state index contributed by atoms with van der Waals surface area (Å²) in [7, 11) is 0. The van der Waals surface area contributed by atoms with E-state index in [1.807, 2.05) is 37.3 Å². The molecule has 0 spiro atoms. The summed E-state index contributed by atoms with van der Waals surface area (Å²) in [4.78, 5) is 12.0. The molecule has 2 amide bonds. The fourth-order valence-corrected chi connectivity index (χ4v) is 2.25. The first-order chi connectivity index (χ1) is 10.6. The Hall–Kier alpha value is -2.29. The van der Waals surface area contributed by atoms with Crippen molar-refractivity contribution in [2.24, 2.45) is 0 Å². The SMILES string of the molecule is CCCCc1ccc(NC(=O)Nc2ccc(C)c(C)c2)cc1. The fourth-order valence-electron chi connectivity index (χ4n) is 2.25. The summed E-state index contributed by atoms with van der Waals surface area (Å²) in [6.07, 6.45) is 3.48. The molecule has 3 nitrogen and oxygen atoms in total. The maximum atomic E-state index is 12.0. The number of anilines is 2. The predicted octanol–water partition coefficient (Wildman–Crippen LogP) is 5.29. The molecule has 0 aliphatic rings. The van der Waals surface area contributed by atoms with Gasteiger partial charge in [0, 0.05) is 11.4 Å². The molecule has 22 heavy (non-hydrogen) atoms. The number of urea groups is 1. The van der Waals surface area contributed by atoms with E-state index in [0.29, 0.717) is 0 Å².